The molecule has 1 aromatic carbocycles. The molecule has 0 radical (unpaired) electrons. The van der Waals surface area contributed by atoms with Gasteiger partial charge in [-0.15, -0.1) is 0 Å². The second kappa shape index (κ2) is 8.48. The van der Waals surface area contributed by atoms with Gasteiger partial charge in [-0.05, 0) is 37.8 Å². The monoisotopic (exact) mass is 354 g/mol. The molecule has 1 aliphatic rings. The summed E-state index contributed by atoms with van der Waals surface area (Å²) in [7, 11) is -3.38. The van der Waals surface area contributed by atoms with Gasteiger partial charge < -0.3 is 10.1 Å². The number of carbonyl (C=O) groups is 1. The van der Waals surface area contributed by atoms with E-state index in [4.69, 9.17) is 4.74 Å². The maximum Gasteiger partial charge on any atom is 0.232 e. The van der Waals surface area contributed by atoms with Crippen molar-refractivity contribution >= 4 is 21.6 Å². The third-order valence-electron chi connectivity index (χ3n) is 4.10. The summed E-state index contributed by atoms with van der Waals surface area (Å²) in [4.78, 5) is 11.9. The molecule has 1 saturated heterocycles. The van der Waals surface area contributed by atoms with E-state index >= 15 is 0 Å². The molecule has 0 saturated carbocycles. The molecule has 134 valence electrons. The van der Waals surface area contributed by atoms with Crippen LogP contribution in [0.4, 0.5) is 5.69 Å². The minimum Gasteiger partial charge on any atom is -0.376 e. The average molecular weight is 354 g/mol. The summed E-state index contributed by atoms with van der Waals surface area (Å²) in [5.74, 6) is -0.0660. The first-order valence-corrected chi connectivity index (χ1v) is 10.1. The molecule has 0 aliphatic carbocycles. The number of benzene rings is 1. The lowest BCUT2D eigenvalue weighted by molar-refractivity contribution is -0.121. The van der Waals surface area contributed by atoms with Crippen LogP contribution in [0.15, 0.2) is 24.3 Å². The number of aryl methyl sites for hydroxylation is 1. The van der Waals surface area contributed by atoms with Crippen LogP contribution in [0.5, 0.6) is 0 Å². The highest BCUT2D eigenvalue weighted by Gasteiger charge is 2.19. The van der Waals surface area contributed by atoms with Crippen molar-refractivity contribution in [3.05, 3.63) is 29.8 Å². The van der Waals surface area contributed by atoms with Crippen molar-refractivity contribution in [3.63, 3.8) is 0 Å². The second-order valence-electron chi connectivity index (χ2n) is 6.16. The average Bonchev–Trinajstić information content (AvgIpc) is 3.03. The molecule has 0 bridgehead atoms. The Kier molecular flexibility index (Phi) is 6.62. The quantitative estimate of drug-likeness (QED) is 0.773. The van der Waals surface area contributed by atoms with Gasteiger partial charge in [-0.25, -0.2) is 8.42 Å². The fraction of sp³-hybridized carbons (Fsp3) is 0.588. The highest BCUT2D eigenvalue weighted by atomic mass is 32.2. The molecule has 2 rings (SSSR count). The largest absolute Gasteiger partial charge is 0.376 e. The Morgan fingerprint density at radius 1 is 1.38 bits per heavy atom. The van der Waals surface area contributed by atoms with Crippen LogP contribution < -0.4 is 9.62 Å². The molecule has 0 spiro atoms. The van der Waals surface area contributed by atoms with Crippen molar-refractivity contribution in [2.75, 3.05) is 30.3 Å². The van der Waals surface area contributed by atoms with Crippen LogP contribution in [0.1, 0.15) is 31.2 Å². The molecule has 1 aliphatic heterocycles. The van der Waals surface area contributed by atoms with Gasteiger partial charge in [0.2, 0.25) is 15.9 Å². The number of sulfonamides is 1. The number of amides is 1. The Hall–Kier alpha value is -1.60. The lowest BCUT2D eigenvalue weighted by Crippen LogP contribution is -2.34. The maximum atomic E-state index is 12.1. The van der Waals surface area contributed by atoms with E-state index in [0.717, 1.165) is 25.0 Å². The Morgan fingerprint density at radius 3 is 2.75 bits per heavy atom. The van der Waals surface area contributed by atoms with Crippen LogP contribution in [0.2, 0.25) is 0 Å². The first kappa shape index (κ1) is 18.7. The number of ether oxygens (including phenoxy) is 1. The van der Waals surface area contributed by atoms with Crippen LogP contribution in [0.3, 0.4) is 0 Å². The molecule has 1 heterocycles. The van der Waals surface area contributed by atoms with Crippen LogP contribution >= 0.6 is 0 Å². The Morgan fingerprint density at radius 2 is 2.12 bits per heavy atom. The third kappa shape index (κ3) is 5.49. The van der Waals surface area contributed by atoms with Crippen LogP contribution in [0, 0.1) is 6.92 Å². The van der Waals surface area contributed by atoms with Gasteiger partial charge in [0.25, 0.3) is 0 Å². The third-order valence-corrected chi connectivity index (χ3v) is 5.28. The zero-order valence-electron chi connectivity index (χ0n) is 14.3. The molecule has 1 aromatic rings. The standard InChI is InChI=1S/C17H26N2O4S/c1-14-7-3-4-9-16(14)19(24(2,21)22)11-5-10-17(20)18-13-15-8-6-12-23-15/h3-4,7,9,15H,5-6,8,10-13H2,1-2H3,(H,18,20)/t15-/m0/s1. The lowest BCUT2D eigenvalue weighted by Gasteiger charge is -2.24. The number of carbonyl (C=O) groups excluding carboxylic acids is 1. The first-order chi connectivity index (χ1) is 11.4. The summed E-state index contributed by atoms with van der Waals surface area (Å²) in [5.41, 5.74) is 1.56. The van der Waals surface area contributed by atoms with E-state index < -0.39 is 10.0 Å². The minimum atomic E-state index is -3.38. The molecular formula is C17H26N2O4S. The van der Waals surface area contributed by atoms with Crippen LogP contribution in [0.25, 0.3) is 0 Å². The Bertz CT molecular complexity index is 654. The van der Waals surface area contributed by atoms with E-state index in [2.05, 4.69) is 5.32 Å². The predicted octanol–water partition coefficient (Wildman–Crippen LogP) is 1.84. The molecule has 1 atom stereocenters. The zero-order chi connectivity index (χ0) is 17.6. The first-order valence-electron chi connectivity index (χ1n) is 8.29. The summed E-state index contributed by atoms with van der Waals surface area (Å²) in [5, 5.41) is 2.86. The lowest BCUT2D eigenvalue weighted by atomic mass is 10.2. The van der Waals surface area contributed by atoms with Gasteiger partial charge in [0.05, 0.1) is 18.0 Å². The summed E-state index contributed by atoms with van der Waals surface area (Å²) < 4.78 is 31.0. The van der Waals surface area contributed by atoms with Crippen molar-refractivity contribution in [3.8, 4) is 0 Å². The van der Waals surface area contributed by atoms with Crippen molar-refractivity contribution in [1.82, 2.24) is 5.32 Å². The van der Waals surface area contributed by atoms with Gasteiger partial charge in [0, 0.05) is 26.1 Å². The molecule has 0 unspecified atom stereocenters. The number of nitrogens with one attached hydrogen (secondary N) is 1. The van der Waals surface area contributed by atoms with E-state index in [-0.39, 0.29) is 18.6 Å². The predicted molar refractivity (Wildman–Crippen MR) is 94.6 cm³/mol. The second-order valence-corrected chi connectivity index (χ2v) is 8.07. The van der Waals surface area contributed by atoms with Gasteiger partial charge >= 0.3 is 0 Å². The molecule has 24 heavy (non-hydrogen) atoms. The van der Waals surface area contributed by atoms with Gasteiger partial charge in [-0.3, -0.25) is 9.10 Å². The molecule has 6 nitrogen and oxygen atoms in total. The molecule has 0 aromatic heterocycles. The Labute approximate surface area is 144 Å². The fourth-order valence-corrected chi connectivity index (χ4v) is 3.84. The number of anilines is 1. The van der Waals surface area contributed by atoms with Gasteiger partial charge in [0.15, 0.2) is 0 Å². The molecule has 1 amide bonds. The summed E-state index contributed by atoms with van der Waals surface area (Å²) in [6.07, 6.45) is 4.10. The van der Waals surface area contributed by atoms with Crippen molar-refractivity contribution in [2.24, 2.45) is 0 Å². The normalized spacial score (nSPS) is 17.7. The zero-order valence-corrected chi connectivity index (χ0v) is 15.1. The summed E-state index contributed by atoms with van der Waals surface area (Å²) in [6.45, 7) is 3.46. The van der Waals surface area contributed by atoms with Crippen LogP contribution in [-0.2, 0) is 19.6 Å². The summed E-state index contributed by atoms with van der Waals surface area (Å²) >= 11 is 0. The number of hydrogen-bond acceptors (Lipinski definition) is 4. The number of rotatable bonds is 8. The smallest absolute Gasteiger partial charge is 0.232 e. The minimum absolute atomic E-state index is 0.0660. The van der Waals surface area contributed by atoms with Gasteiger partial charge in [0.1, 0.15) is 0 Å². The van der Waals surface area contributed by atoms with E-state index in [1.165, 1.54) is 10.6 Å². The topological polar surface area (TPSA) is 75.7 Å². The SMILES string of the molecule is Cc1ccccc1N(CCCC(=O)NC[C@@H]1CCCO1)S(C)(=O)=O. The maximum absolute atomic E-state index is 12.1. The van der Waals surface area contributed by atoms with Gasteiger partial charge in [-0.1, -0.05) is 18.2 Å². The van der Waals surface area contributed by atoms with Crippen molar-refractivity contribution in [1.29, 1.82) is 0 Å². The van der Waals surface area contributed by atoms with E-state index in [1.807, 2.05) is 25.1 Å². The van der Waals surface area contributed by atoms with Crippen LogP contribution in [-0.4, -0.2) is 46.4 Å². The number of hydrogen-bond donors (Lipinski definition) is 1. The number of nitrogens with zero attached hydrogens (tertiary/aromatic N) is 1. The van der Waals surface area contributed by atoms with Crippen molar-refractivity contribution < 1.29 is 17.9 Å². The van der Waals surface area contributed by atoms with E-state index in [1.54, 1.807) is 6.07 Å². The molecule has 7 heteroatoms. The van der Waals surface area contributed by atoms with E-state index in [0.29, 0.717) is 25.1 Å². The molecule has 1 fully saturated rings. The van der Waals surface area contributed by atoms with Gasteiger partial charge in [-0.2, -0.15) is 0 Å². The summed E-state index contributed by atoms with van der Waals surface area (Å²) in [6, 6.07) is 7.35. The Balaban J connectivity index is 1.85. The van der Waals surface area contributed by atoms with E-state index in [9.17, 15) is 13.2 Å². The number of para-hydroxylation sites is 1. The molecular weight excluding hydrogens is 328 g/mol. The fourth-order valence-electron chi connectivity index (χ4n) is 2.81. The highest BCUT2D eigenvalue weighted by Crippen LogP contribution is 2.22. The molecule has 1 N–H and O–H groups in total. The highest BCUT2D eigenvalue weighted by molar-refractivity contribution is 7.92. The van der Waals surface area contributed by atoms with Crippen molar-refractivity contribution in [2.45, 2.75) is 38.7 Å².